The van der Waals surface area contributed by atoms with E-state index >= 15 is 0 Å². The average molecular weight is 381 g/mol. The molecule has 3 aromatic rings. The first-order valence-electron chi connectivity index (χ1n) is 8.41. The Balaban J connectivity index is 1.74. The monoisotopic (exact) mass is 381 g/mol. The summed E-state index contributed by atoms with van der Waals surface area (Å²) in [6.07, 6.45) is 1.74. The fraction of sp³-hybridized carbons (Fsp3) is 0.150. The lowest BCUT2D eigenvalue weighted by molar-refractivity contribution is -0.116. The van der Waals surface area contributed by atoms with Gasteiger partial charge >= 0.3 is 0 Å². The van der Waals surface area contributed by atoms with Gasteiger partial charge in [-0.3, -0.25) is 14.6 Å². The van der Waals surface area contributed by atoms with Crippen LogP contribution in [0.3, 0.4) is 0 Å². The Bertz CT molecular complexity index is 1030. The highest BCUT2D eigenvalue weighted by Crippen LogP contribution is 2.40. The number of hydrogen-bond acceptors (Lipinski definition) is 4. The summed E-state index contributed by atoms with van der Waals surface area (Å²) in [4.78, 5) is 29.0. The van der Waals surface area contributed by atoms with Gasteiger partial charge in [-0.15, -0.1) is 11.3 Å². The summed E-state index contributed by atoms with van der Waals surface area (Å²) in [5.74, 6) is -0.963. The minimum Gasteiger partial charge on any atom is -0.326 e. The first-order chi connectivity index (χ1) is 13.0. The molecule has 0 saturated heterocycles. The third-order valence-electron chi connectivity index (χ3n) is 4.56. The van der Waals surface area contributed by atoms with Crippen molar-refractivity contribution < 1.29 is 14.0 Å². The molecule has 1 aliphatic heterocycles. The molecule has 2 N–H and O–H groups in total. The zero-order chi connectivity index (χ0) is 19.0. The van der Waals surface area contributed by atoms with Crippen molar-refractivity contribution in [3.63, 3.8) is 0 Å². The third-order valence-corrected chi connectivity index (χ3v) is 5.33. The molecule has 5 nitrogen and oxygen atoms in total. The quantitative estimate of drug-likeness (QED) is 0.710. The minimum atomic E-state index is -0.341. The lowest BCUT2D eigenvalue weighted by atomic mass is 9.83. The van der Waals surface area contributed by atoms with Crippen LogP contribution in [0.15, 0.2) is 48.1 Å². The van der Waals surface area contributed by atoms with E-state index in [9.17, 15) is 14.0 Å². The second-order valence-electron chi connectivity index (χ2n) is 6.44. The van der Waals surface area contributed by atoms with E-state index in [1.807, 2.05) is 25.1 Å². The molecule has 1 atom stereocenters. The maximum Gasteiger partial charge on any atom is 0.267 e. The Kier molecular flexibility index (Phi) is 4.45. The van der Waals surface area contributed by atoms with Crippen molar-refractivity contribution in [2.45, 2.75) is 19.3 Å². The first kappa shape index (κ1) is 17.4. The summed E-state index contributed by atoms with van der Waals surface area (Å²) < 4.78 is 13.7. The highest BCUT2D eigenvalue weighted by molar-refractivity contribution is 7.11. The summed E-state index contributed by atoms with van der Waals surface area (Å²) in [6.45, 7) is 1.87. The molecule has 0 spiro atoms. The minimum absolute atomic E-state index is 0.110. The Labute approximate surface area is 159 Å². The van der Waals surface area contributed by atoms with Crippen molar-refractivity contribution in [1.29, 1.82) is 0 Å². The van der Waals surface area contributed by atoms with E-state index in [2.05, 4.69) is 15.6 Å². The lowest BCUT2D eigenvalue weighted by Crippen LogP contribution is -2.25. The van der Waals surface area contributed by atoms with Gasteiger partial charge in [0, 0.05) is 23.7 Å². The molecule has 0 bridgehead atoms. The molecule has 0 aliphatic carbocycles. The van der Waals surface area contributed by atoms with Crippen LogP contribution >= 0.6 is 11.3 Å². The van der Waals surface area contributed by atoms with Gasteiger partial charge in [0.1, 0.15) is 10.7 Å². The third kappa shape index (κ3) is 3.46. The topological polar surface area (TPSA) is 71.1 Å². The molecule has 2 amide bonds. The van der Waals surface area contributed by atoms with Crippen LogP contribution in [0.2, 0.25) is 0 Å². The molecule has 0 saturated carbocycles. The number of carbonyl (C=O) groups is 2. The molecular weight excluding hydrogens is 365 g/mol. The van der Waals surface area contributed by atoms with Crippen molar-refractivity contribution in [2.24, 2.45) is 0 Å². The molecule has 27 heavy (non-hydrogen) atoms. The molecule has 2 aromatic carbocycles. The molecule has 0 fully saturated rings. The SMILES string of the molecule is Cc1cc(NC(=O)c2cncs2)cc2c1NC(=O)CC2c1cccc(F)c1. The van der Waals surface area contributed by atoms with Gasteiger partial charge in [-0.1, -0.05) is 12.1 Å². The van der Waals surface area contributed by atoms with Crippen molar-refractivity contribution in [3.05, 3.63) is 75.5 Å². The number of aromatic nitrogens is 1. The van der Waals surface area contributed by atoms with Crippen molar-refractivity contribution in [3.8, 4) is 0 Å². The number of aryl methyl sites for hydroxylation is 1. The molecule has 0 radical (unpaired) electrons. The standard InChI is InChI=1S/C20H16FN3O2S/c1-11-5-14(23-20(26)17-9-22-10-27-17)7-16-15(8-18(25)24-19(11)16)12-3-2-4-13(21)6-12/h2-7,9-10,15H,8H2,1H3,(H,23,26)(H,24,25). The number of rotatable bonds is 3. The van der Waals surface area contributed by atoms with Gasteiger partial charge in [0.2, 0.25) is 5.91 Å². The Morgan fingerprint density at radius 3 is 2.93 bits per heavy atom. The van der Waals surface area contributed by atoms with Crippen LogP contribution in [0.1, 0.15) is 38.7 Å². The molecule has 7 heteroatoms. The largest absolute Gasteiger partial charge is 0.326 e. The summed E-state index contributed by atoms with van der Waals surface area (Å²) in [5.41, 5.74) is 5.37. The maximum atomic E-state index is 13.7. The van der Waals surface area contributed by atoms with E-state index < -0.39 is 0 Å². The summed E-state index contributed by atoms with van der Waals surface area (Å²) in [6, 6.07) is 9.94. The molecule has 1 aliphatic rings. The highest BCUT2D eigenvalue weighted by Gasteiger charge is 2.28. The second-order valence-corrected chi connectivity index (χ2v) is 7.32. The van der Waals surface area contributed by atoms with E-state index in [-0.39, 0.29) is 30.0 Å². The van der Waals surface area contributed by atoms with E-state index in [0.717, 1.165) is 22.4 Å². The number of nitrogens with one attached hydrogen (secondary N) is 2. The van der Waals surface area contributed by atoms with Crippen LogP contribution < -0.4 is 10.6 Å². The number of nitrogens with zero attached hydrogens (tertiary/aromatic N) is 1. The van der Waals surface area contributed by atoms with Crippen LogP contribution in [0, 0.1) is 12.7 Å². The van der Waals surface area contributed by atoms with E-state index in [4.69, 9.17) is 0 Å². The fourth-order valence-corrected chi connectivity index (χ4v) is 3.87. The summed E-state index contributed by atoms with van der Waals surface area (Å²) in [5, 5.41) is 5.77. The van der Waals surface area contributed by atoms with Crippen molar-refractivity contribution >= 4 is 34.5 Å². The summed E-state index contributed by atoms with van der Waals surface area (Å²) >= 11 is 1.26. The normalized spacial score (nSPS) is 15.8. The number of amides is 2. The van der Waals surface area contributed by atoms with E-state index in [0.29, 0.717) is 10.6 Å². The number of fused-ring (bicyclic) bond motifs is 1. The van der Waals surface area contributed by atoms with Gasteiger partial charge in [0.15, 0.2) is 0 Å². The van der Waals surface area contributed by atoms with Crippen molar-refractivity contribution in [2.75, 3.05) is 10.6 Å². The predicted molar refractivity (Wildman–Crippen MR) is 103 cm³/mol. The Hall–Kier alpha value is -3.06. The lowest BCUT2D eigenvalue weighted by Gasteiger charge is -2.28. The smallest absolute Gasteiger partial charge is 0.267 e. The number of hydrogen-bond donors (Lipinski definition) is 2. The Morgan fingerprint density at radius 2 is 2.19 bits per heavy atom. The number of benzene rings is 2. The van der Waals surface area contributed by atoms with Gasteiger partial charge in [-0.05, 0) is 47.9 Å². The average Bonchev–Trinajstić information content (AvgIpc) is 3.17. The van der Waals surface area contributed by atoms with Gasteiger partial charge < -0.3 is 10.6 Å². The predicted octanol–water partition coefficient (Wildman–Crippen LogP) is 4.32. The van der Waals surface area contributed by atoms with Crippen LogP contribution in [0.4, 0.5) is 15.8 Å². The number of thiazole rings is 1. The zero-order valence-electron chi connectivity index (χ0n) is 14.5. The fourth-order valence-electron chi connectivity index (χ4n) is 3.36. The first-order valence-corrected chi connectivity index (χ1v) is 9.29. The van der Waals surface area contributed by atoms with Gasteiger partial charge in [0.05, 0.1) is 11.7 Å². The molecule has 4 rings (SSSR count). The Morgan fingerprint density at radius 1 is 1.33 bits per heavy atom. The van der Waals surface area contributed by atoms with Crippen molar-refractivity contribution in [1.82, 2.24) is 4.98 Å². The van der Waals surface area contributed by atoms with E-state index in [1.54, 1.807) is 11.6 Å². The molecule has 1 unspecified atom stereocenters. The van der Waals surface area contributed by atoms with Gasteiger partial charge in [-0.25, -0.2) is 4.39 Å². The molecule has 2 heterocycles. The highest BCUT2D eigenvalue weighted by atomic mass is 32.1. The molecule has 136 valence electrons. The molecular formula is C20H16FN3O2S. The van der Waals surface area contributed by atoms with Crippen LogP contribution in [-0.4, -0.2) is 16.8 Å². The molecule has 1 aromatic heterocycles. The zero-order valence-corrected chi connectivity index (χ0v) is 15.3. The maximum absolute atomic E-state index is 13.7. The number of anilines is 2. The van der Waals surface area contributed by atoms with Crippen LogP contribution in [0.25, 0.3) is 0 Å². The van der Waals surface area contributed by atoms with Gasteiger partial charge in [0.25, 0.3) is 5.91 Å². The van der Waals surface area contributed by atoms with Crippen LogP contribution in [0.5, 0.6) is 0 Å². The second kappa shape index (κ2) is 6.92. The van der Waals surface area contributed by atoms with Gasteiger partial charge in [-0.2, -0.15) is 0 Å². The van der Waals surface area contributed by atoms with Crippen LogP contribution in [-0.2, 0) is 4.79 Å². The number of halogens is 1. The number of carbonyl (C=O) groups excluding carboxylic acids is 2. The summed E-state index contributed by atoms with van der Waals surface area (Å²) in [7, 11) is 0. The van der Waals surface area contributed by atoms with E-state index in [1.165, 1.54) is 29.7 Å².